The summed E-state index contributed by atoms with van der Waals surface area (Å²) in [5.74, 6) is -7.75. The van der Waals surface area contributed by atoms with Crippen molar-refractivity contribution in [1.82, 2.24) is 15.1 Å². The first kappa shape index (κ1) is 16.6. The van der Waals surface area contributed by atoms with Crippen LogP contribution in [0.15, 0.2) is 12.4 Å². The van der Waals surface area contributed by atoms with Gasteiger partial charge in [0.25, 0.3) is 5.91 Å². The van der Waals surface area contributed by atoms with Crippen molar-refractivity contribution in [3.63, 3.8) is 0 Å². The van der Waals surface area contributed by atoms with Crippen LogP contribution in [0.3, 0.4) is 0 Å². The summed E-state index contributed by atoms with van der Waals surface area (Å²) >= 11 is 2.83. The van der Waals surface area contributed by atoms with Crippen LogP contribution in [0.5, 0.6) is 0 Å². The average Bonchev–Trinajstić information content (AvgIpc) is 2.80. The number of nitrogens with one attached hydrogen (secondary N) is 1. The molecule has 0 aromatic carbocycles. The summed E-state index contributed by atoms with van der Waals surface area (Å²) in [6, 6.07) is -1.47. The highest BCUT2D eigenvalue weighted by Crippen LogP contribution is 2.25. The molecule has 1 heterocycles. The highest BCUT2D eigenvalue weighted by Gasteiger charge is 2.50. The van der Waals surface area contributed by atoms with Crippen LogP contribution < -0.4 is 5.32 Å². The van der Waals surface area contributed by atoms with E-state index in [1.165, 1.54) is 24.1 Å². The summed E-state index contributed by atoms with van der Waals surface area (Å²) in [6.45, 7) is 0. The molecule has 0 aliphatic heterocycles. The summed E-state index contributed by atoms with van der Waals surface area (Å²) in [7, 11) is 1.51. The summed E-state index contributed by atoms with van der Waals surface area (Å²) in [5.41, 5.74) is 0.121. The highest BCUT2D eigenvalue weighted by molar-refractivity contribution is 9.09. The number of rotatable bonds is 6. The molecule has 0 saturated heterocycles. The van der Waals surface area contributed by atoms with Gasteiger partial charge in [0, 0.05) is 18.8 Å². The minimum absolute atomic E-state index is 0.121. The van der Waals surface area contributed by atoms with Gasteiger partial charge in [-0.25, -0.2) is 8.78 Å². The van der Waals surface area contributed by atoms with Crippen LogP contribution in [-0.4, -0.2) is 39.1 Å². The van der Waals surface area contributed by atoms with E-state index in [0.29, 0.717) is 0 Å². The molecule has 1 rings (SSSR count). The van der Waals surface area contributed by atoms with Crippen molar-refractivity contribution in [2.75, 3.05) is 5.33 Å². The van der Waals surface area contributed by atoms with E-state index in [2.05, 4.69) is 21.0 Å². The minimum atomic E-state index is -4.87. The van der Waals surface area contributed by atoms with Gasteiger partial charge in [0.15, 0.2) is 5.78 Å². The first-order valence-electron chi connectivity index (χ1n) is 5.24. The second kappa shape index (κ2) is 6.33. The number of hydrogen-bond acceptors (Lipinski definition) is 3. The molecule has 10 heteroatoms. The van der Waals surface area contributed by atoms with E-state index in [1.807, 2.05) is 0 Å². The molecule has 0 radical (unpaired) electrons. The summed E-state index contributed by atoms with van der Waals surface area (Å²) in [5, 5.41) is 5.10. The van der Waals surface area contributed by atoms with Crippen LogP contribution in [0.1, 0.15) is 11.6 Å². The van der Waals surface area contributed by atoms with E-state index in [4.69, 9.17) is 0 Å². The molecule has 1 aromatic heterocycles. The Kier molecular flexibility index (Phi) is 5.26. The van der Waals surface area contributed by atoms with Crippen molar-refractivity contribution in [1.29, 1.82) is 0 Å². The van der Waals surface area contributed by atoms with Crippen molar-refractivity contribution in [3.05, 3.63) is 18.0 Å². The smallest absolute Gasteiger partial charge is 0.337 e. The lowest BCUT2D eigenvalue weighted by Crippen LogP contribution is -2.48. The molecule has 20 heavy (non-hydrogen) atoms. The number of aromatic nitrogens is 2. The molecular weight excluding hydrogens is 350 g/mol. The van der Waals surface area contributed by atoms with Crippen LogP contribution in [0, 0.1) is 0 Å². The number of aryl methyl sites for hydroxylation is 1. The molecule has 0 aliphatic rings. The van der Waals surface area contributed by atoms with Crippen molar-refractivity contribution >= 4 is 27.6 Å². The van der Waals surface area contributed by atoms with E-state index >= 15 is 0 Å². The maximum absolute atomic E-state index is 12.9. The van der Waals surface area contributed by atoms with Crippen molar-refractivity contribution in [2.24, 2.45) is 7.05 Å². The predicted molar refractivity (Wildman–Crippen MR) is 63.8 cm³/mol. The molecule has 112 valence electrons. The zero-order valence-electron chi connectivity index (χ0n) is 10.1. The maximum atomic E-state index is 12.9. The third kappa shape index (κ3) is 3.56. The number of nitrogens with zero attached hydrogens (tertiary/aromatic N) is 2. The molecule has 5 nitrogen and oxygen atoms in total. The fourth-order valence-electron chi connectivity index (χ4n) is 1.34. The van der Waals surface area contributed by atoms with Gasteiger partial charge in [0.1, 0.15) is 6.04 Å². The Morgan fingerprint density at radius 3 is 2.50 bits per heavy atom. The normalized spacial score (nSPS) is 13.3. The minimum Gasteiger partial charge on any atom is -0.337 e. The van der Waals surface area contributed by atoms with Crippen LogP contribution in [0.25, 0.3) is 0 Å². The topological polar surface area (TPSA) is 64.0 Å². The lowest BCUT2D eigenvalue weighted by Gasteiger charge is -2.19. The van der Waals surface area contributed by atoms with Gasteiger partial charge in [-0.3, -0.25) is 14.3 Å². The molecule has 1 aromatic rings. The van der Waals surface area contributed by atoms with E-state index in [1.54, 1.807) is 5.32 Å². The van der Waals surface area contributed by atoms with Crippen molar-refractivity contribution < 1.29 is 27.2 Å². The van der Waals surface area contributed by atoms with Crippen LogP contribution >= 0.6 is 15.9 Å². The molecule has 0 fully saturated rings. The van der Waals surface area contributed by atoms with Gasteiger partial charge in [-0.1, -0.05) is 15.9 Å². The Balaban J connectivity index is 2.98. The Morgan fingerprint density at radius 1 is 1.50 bits per heavy atom. The average molecular weight is 360 g/mol. The molecule has 0 aliphatic carbocycles. The van der Waals surface area contributed by atoms with Crippen LogP contribution in [-0.2, 0) is 16.6 Å². The molecule has 0 saturated carbocycles. The molecule has 0 bridgehead atoms. The fourth-order valence-corrected chi connectivity index (χ4v) is 1.67. The second-order valence-corrected chi connectivity index (χ2v) is 4.44. The number of ketones is 1. The van der Waals surface area contributed by atoms with Gasteiger partial charge >= 0.3 is 12.3 Å². The summed E-state index contributed by atoms with van der Waals surface area (Å²) < 4.78 is 51.2. The zero-order valence-corrected chi connectivity index (χ0v) is 11.7. The monoisotopic (exact) mass is 359 g/mol. The van der Waals surface area contributed by atoms with Gasteiger partial charge in [-0.15, -0.1) is 0 Å². The molecule has 1 N–H and O–H groups in total. The third-order valence-corrected chi connectivity index (χ3v) is 2.92. The Hall–Kier alpha value is -1.45. The van der Waals surface area contributed by atoms with Gasteiger partial charge in [-0.2, -0.15) is 13.9 Å². The van der Waals surface area contributed by atoms with Crippen molar-refractivity contribution in [3.8, 4) is 0 Å². The third-order valence-electron chi connectivity index (χ3n) is 2.36. The number of amides is 1. The van der Waals surface area contributed by atoms with Gasteiger partial charge in [-0.05, 0) is 0 Å². The Bertz CT molecular complexity index is 506. The molecule has 1 amide bonds. The lowest BCUT2D eigenvalue weighted by atomic mass is 10.1. The number of carbonyl (C=O) groups excluding carboxylic acids is 2. The van der Waals surface area contributed by atoms with E-state index in [0.717, 1.165) is 0 Å². The van der Waals surface area contributed by atoms with E-state index < -0.39 is 30.1 Å². The van der Waals surface area contributed by atoms with Gasteiger partial charge in [0.05, 0.1) is 11.5 Å². The number of halogens is 5. The second-order valence-electron chi connectivity index (χ2n) is 3.88. The Morgan fingerprint density at radius 2 is 2.10 bits per heavy atom. The zero-order chi connectivity index (χ0) is 15.5. The number of alkyl halides is 5. The molecule has 1 atom stereocenters. The fraction of sp³-hybridized carbons (Fsp3) is 0.500. The van der Waals surface area contributed by atoms with Crippen LogP contribution in [0.2, 0.25) is 0 Å². The van der Waals surface area contributed by atoms with E-state index in [-0.39, 0.29) is 10.9 Å². The molecule has 0 spiro atoms. The maximum Gasteiger partial charge on any atom is 0.383 e. The first-order valence-corrected chi connectivity index (χ1v) is 6.36. The summed E-state index contributed by atoms with van der Waals surface area (Å²) in [4.78, 5) is 22.8. The summed E-state index contributed by atoms with van der Waals surface area (Å²) in [6.07, 6.45) is -1.67. The lowest BCUT2D eigenvalue weighted by molar-refractivity contribution is -0.170. The van der Waals surface area contributed by atoms with Crippen LogP contribution in [0.4, 0.5) is 17.6 Å². The first-order chi connectivity index (χ1) is 9.20. The Labute approximate surface area is 119 Å². The largest absolute Gasteiger partial charge is 0.383 e. The number of Topliss-reactive ketones (excluding diaryl/α,β-unsaturated/α-hetero) is 1. The highest BCUT2D eigenvalue weighted by atomic mass is 79.9. The predicted octanol–water partition coefficient (Wildman–Crippen LogP) is 1.44. The van der Waals surface area contributed by atoms with Crippen molar-refractivity contribution in [2.45, 2.75) is 18.4 Å². The van der Waals surface area contributed by atoms with Gasteiger partial charge in [0.2, 0.25) is 0 Å². The standard InChI is InChI=1S/C10H10BrF4N3O2/c1-18-4-5(3-16-18)7(6(19)2-11)17-9(20)10(14,15)8(12)13/h3-4,7-8H,2H2,1H3,(H,17,20). The number of carbonyl (C=O) groups is 2. The quantitative estimate of drug-likeness (QED) is 0.617. The van der Waals surface area contributed by atoms with E-state index in [9.17, 15) is 27.2 Å². The number of hydrogen-bond donors (Lipinski definition) is 1. The molecule has 1 unspecified atom stereocenters. The van der Waals surface area contributed by atoms with Gasteiger partial charge < -0.3 is 5.32 Å². The SMILES string of the molecule is Cn1cc(C(NC(=O)C(F)(F)C(F)F)C(=O)CBr)cn1. The molecular formula is C10H10BrF4N3O2.